The van der Waals surface area contributed by atoms with Crippen LogP contribution in [0.2, 0.25) is 0 Å². The first kappa shape index (κ1) is 31.9. The van der Waals surface area contributed by atoms with Crippen molar-refractivity contribution >= 4 is 33.0 Å². The highest BCUT2D eigenvalue weighted by Crippen LogP contribution is 2.45. The molecule has 0 bridgehead atoms. The molecule has 3 N–H and O–H groups in total. The molecule has 1 amide bonds. The second-order valence-electron chi connectivity index (χ2n) is 11.8. The van der Waals surface area contributed by atoms with Crippen LogP contribution in [0.5, 0.6) is 0 Å². The van der Waals surface area contributed by atoms with Gasteiger partial charge in [-0.05, 0) is 78.1 Å². The Morgan fingerprint density at radius 1 is 0.915 bits per heavy atom. The minimum absolute atomic E-state index is 0.171. The number of halogens is 3. The van der Waals surface area contributed by atoms with E-state index in [4.69, 9.17) is 15.1 Å². The number of carbonyl (C=O) groups is 1. The minimum Gasteiger partial charge on any atom is -0.421 e. The predicted molar refractivity (Wildman–Crippen MR) is 178 cm³/mol. The molecule has 0 fully saturated rings. The number of anilines is 1. The zero-order chi connectivity index (χ0) is 33.2. The van der Waals surface area contributed by atoms with Crippen LogP contribution in [-0.2, 0) is 25.8 Å². The predicted octanol–water partition coefficient (Wildman–Crippen LogP) is 8.43. The Hall–Kier alpha value is -5.03. The Balaban J connectivity index is 1.52. The SMILES string of the molecule is Cc1nnc(-c2c(CCc3ccc(F)cc3)nc(CC(C)C)c(C(N)=O)c2-c2cc3cccc(NCc4ccc(F)c(F)c4)c3s2)o1. The van der Waals surface area contributed by atoms with Crippen LogP contribution in [-0.4, -0.2) is 21.1 Å². The van der Waals surface area contributed by atoms with E-state index >= 15 is 0 Å². The lowest BCUT2D eigenvalue weighted by atomic mass is 9.91. The van der Waals surface area contributed by atoms with Gasteiger partial charge in [0, 0.05) is 23.9 Å². The lowest BCUT2D eigenvalue weighted by Gasteiger charge is -2.19. The first-order chi connectivity index (χ1) is 22.6. The van der Waals surface area contributed by atoms with E-state index in [1.165, 1.54) is 35.6 Å². The number of fused-ring (bicyclic) bond motifs is 1. The Bertz CT molecular complexity index is 2090. The third-order valence-corrected chi connectivity index (χ3v) is 8.96. The van der Waals surface area contributed by atoms with E-state index in [0.29, 0.717) is 53.2 Å². The van der Waals surface area contributed by atoms with Gasteiger partial charge in [0.05, 0.1) is 32.9 Å². The molecule has 0 unspecified atom stereocenters. The summed E-state index contributed by atoms with van der Waals surface area (Å²) in [5.41, 5.74) is 11.0. The van der Waals surface area contributed by atoms with Crippen molar-refractivity contribution in [2.45, 2.75) is 46.6 Å². The van der Waals surface area contributed by atoms with Gasteiger partial charge in [-0.3, -0.25) is 9.78 Å². The monoisotopic (exact) mass is 655 g/mol. The summed E-state index contributed by atoms with van der Waals surface area (Å²) in [4.78, 5) is 19.1. The van der Waals surface area contributed by atoms with Crippen LogP contribution < -0.4 is 11.1 Å². The number of amides is 1. The zero-order valence-corrected chi connectivity index (χ0v) is 26.9. The maximum atomic E-state index is 13.9. The van der Waals surface area contributed by atoms with Gasteiger partial charge >= 0.3 is 0 Å². The fourth-order valence-corrected chi connectivity index (χ4v) is 6.84. The molecule has 11 heteroatoms. The zero-order valence-electron chi connectivity index (χ0n) is 26.0. The quantitative estimate of drug-likeness (QED) is 0.145. The van der Waals surface area contributed by atoms with Gasteiger partial charge in [0.2, 0.25) is 11.8 Å². The molecule has 0 saturated carbocycles. The molecule has 0 aliphatic carbocycles. The molecule has 0 radical (unpaired) electrons. The first-order valence-electron chi connectivity index (χ1n) is 15.2. The molecule has 0 atom stereocenters. The molecule has 240 valence electrons. The average molecular weight is 656 g/mol. The van der Waals surface area contributed by atoms with E-state index < -0.39 is 17.5 Å². The van der Waals surface area contributed by atoms with Crippen molar-refractivity contribution in [3.05, 3.63) is 118 Å². The normalized spacial score (nSPS) is 11.5. The lowest BCUT2D eigenvalue weighted by molar-refractivity contribution is 0.0999. The molecule has 7 nitrogen and oxygen atoms in total. The maximum Gasteiger partial charge on any atom is 0.251 e. The first-order valence-corrected chi connectivity index (χ1v) is 16.0. The van der Waals surface area contributed by atoms with Crippen molar-refractivity contribution < 1.29 is 22.4 Å². The van der Waals surface area contributed by atoms with Crippen molar-refractivity contribution in [2.24, 2.45) is 11.7 Å². The number of nitrogens with zero attached hydrogens (tertiary/aromatic N) is 3. The number of carbonyl (C=O) groups excluding carboxylic acids is 1. The van der Waals surface area contributed by atoms with Crippen LogP contribution in [0.3, 0.4) is 0 Å². The number of hydrogen-bond donors (Lipinski definition) is 2. The Morgan fingerprint density at radius 2 is 1.68 bits per heavy atom. The van der Waals surface area contributed by atoms with Gasteiger partial charge in [0.1, 0.15) is 5.82 Å². The van der Waals surface area contributed by atoms with Gasteiger partial charge < -0.3 is 15.5 Å². The largest absolute Gasteiger partial charge is 0.421 e. The number of benzene rings is 3. The standard InChI is InChI=1S/C36H32F3N5O2S/c1-19(2)15-29-31(35(40)45)33(32(36-44-43-20(3)46-36)27(42-29)14-10-21-7-11-24(37)12-8-21)30-17-23-5-4-6-28(34(23)47-30)41-18-22-9-13-25(38)26(39)16-22/h4-9,11-13,16-17,19,41H,10,14-15,18H2,1-3H3,(H2,40,45). The molecule has 0 aliphatic rings. The van der Waals surface area contributed by atoms with Crippen LogP contribution in [0.1, 0.15) is 52.6 Å². The van der Waals surface area contributed by atoms with E-state index in [2.05, 4.69) is 15.5 Å². The van der Waals surface area contributed by atoms with Gasteiger partial charge in [-0.15, -0.1) is 21.5 Å². The molecule has 0 spiro atoms. The number of hydrogen-bond acceptors (Lipinski definition) is 7. The average Bonchev–Trinajstić information content (AvgIpc) is 3.67. The summed E-state index contributed by atoms with van der Waals surface area (Å²) < 4.78 is 47.9. The maximum absolute atomic E-state index is 13.9. The summed E-state index contributed by atoms with van der Waals surface area (Å²) in [6, 6.07) is 17.9. The number of nitrogens with two attached hydrogens (primary N) is 1. The molecule has 0 saturated heterocycles. The third kappa shape index (κ3) is 6.90. The van der Waals surface area contributed by atoms with E-state index in [-0.39, 0.29) is 29.7 Å². The second kappa shape index (κ2) is 13.4. The van der Waals surface area contributed by atoms with Gasteiger partial charge in [-0.1, -0.05) is 44.2 Å². The summed E-state index contributed by atoms with van der Waals surface area (Å²) in [6.45, 7) is 6.05. The number of primary amides is 1. The third-order valence-electron chi connectivity index (χ3n) is 7.76. The number of nitrogens with one attached hydrogen (secondary N) is 1. The molecule has 3 aromatic carbocycles. The van der Waals surface area contributed by atoms with Gasteiger partial charge in [-0.25, -0.2) is 13.2 Å². The molecule has 6 aromatic rings. The summed E-state index contributed by atoms with van der Waals surface area (Å²) in [6.07, 6.45) is 1.50. The highest BCUT2D eigenvalue weighted by Gasteiger charge is 2.29. The van der Waals surface area contributed by atoms with Crippen molar-refractivity contribution in [1.82, 2.24) is 15.2 Å². The van der Waals surface area contributed by atoms with Crippen molar-refractivity contribution in [2.75, 3.05) is 5.32 Å². The summed E-state index contributed by atoms with van der Waals surface area (Å²) >= 11 is 1.45. The fourth-order valence-electron chi connectivity index (χ4n) is 5.63. The molecule has 3 aromatic heterocycles. The Kier molecular flexibility index (Phi) is 9.08. The van der Waals surface area contributed by atoms with Crippen LogP contribution in [0.4, 0.5) is 18.9 Å². The van der Waals surface area contributed by atoms with Crippen LogP contribution in [0, 0.1) is 30.3 Å². The number of thiophene rings is 1. The second-order valence-corrected chi connectivity index (χ2v) is 12.8. The van der Waals surface area contributed by atoms with E-state index in [9.17, 15) is 18.0 Å². The van der Waals surface area contributed by atoms with Crippen molar-refractivity contribution in [3.63, 3.8) is 0 Å². The molecular formula is C36H32F3N5O2S. The fraction of sp³-hybridized carbons (Fsp3) is 0.222. The van der Waals surface area contributed by atoms with Gasteiger partial charge in [0.25, 0.3) is 5.91 Å². The van der Waals surface area contributed by atoms with Crippen molar-refractivity contribution in [3.8, 4) is 21.9 Å². The molecule has 3 heterocycles. The smallest absolute Gasteiger partial charge is 0.251 e. The van der Waals surface area contributed by atoms with E-state index in [0.717, 1.165) is 32.3 Å². The number of aryl methyl sites for hydroxylation is 3. The Morgan fingerprint density at radius 3 is 2.36 bits per heavy atom. The molecule has 47 heavy (non-hydrogen) atoms. The van der Waals surface area contributed by atoms with Crippen LogP contribution in [0.25, 0.3) is 32.0 Å². The van der Waals surface area contributed by atoms with E-state index in [1.807, 2.05) is 38.1 Å². The van der Waals surface area contributed by atoms with E-state index in [1.54, 1.807) is 19.1 Å². The summed E-state index contributed by atoms with van der Waals surface area (Å²) in [5, 5.41) is 12.7. The van der Waals surface area contributed by atoms with Crippen molar-refractivity contribution in [1.29, 1.82) is 0 Å². The van der Waals surface area contributed by atoms with Gasteiger partial charge in [0.15, 0.2) is 11.6 Å². The lowest BCUT2D eigenvalue weighted by Crippen LogP contribution is -2.20. The summed E-state index contributed by atoms with van der Waals surface area (Å²) in [7, 11) is 0. The topological polar surface area (TPSA) is 107 Å². The number of aromatic nitrogens is 3. The van der Waals surface area contributed by atoms with Crippen LogP contribution >= 0.6 is 11.3 Å². The summed E-state index contributed by atoms with van der Waals surface area (Å²) in [5.74, 6) is -2.01. The van der Waals surface area contributed by atoms with Crippen LogP contribution in [0.15, 0.2) is 71.1 Å². The number of rotatable bonds is 11. The highest BCUT2D eigenvalue weighted by molar-refractivity contribution is 7.23. The molecule has 0 aliphatic heterocycles. The Labute approximate surface area is 273 Å². The highest BCUT2D eigenvalue weighted by atomic mass is 32.1. The van der Waals surface area contributed by atoms with Gasteiger partial charge in [-0.2, -0.15) is 0 Å². The molecular weight excluding hydrogens is 623 g/mol. The minimum atomic E-state index is -0.909. The number of pyridine rings is 1. The molecule has 6 rings (SSSR count).